The van der Waals surface area contributed by atoms with Crippen LogP contribution in [0.15, 0.2) is 36.5 Å². The third-order valence-corrected chi connectivity index (χ3v) is 5.06. The molecule has 1 aromatic carbocycles. The van der Waals surface area contributed by atoms with Crippen molar-refractivity contribution in [3.8, 4) is 10.4 Å². The van der Waals surface area contributed by atoms with E-state index in [2.05, 4.69) is 36.2 Å². The number of carbonyl (C=O) groups excluding carboxylic acids is 1. The number of hydrogen-bond acceptors (Lipinski definition) is 4. The minimum absolute atomic E-state index is 0.166. The predicted octanol–water partition coefficient (Wildman–Crippen LogP) is 4.63. The van der Waals surface area contributed by atoms with Crippen molar-refractivity contribution >= 4 is 22.4 Å². The predicted molar refractivity (Wildman–Crippen MR) is 102 cm³/mol. The van der Waals surface area contributed by atoms with E-state index in [-0.39, 0.29) is 11.4 Å². The maximum Gasteiger partial charge on any atom is 0.260 e. The van der Waals surface area contributed by atoms with E-state index < -0.39 is 0 Å². The molecule has 5 nitrogen and oxygen atoms in total. The molecule has 0 aliphatic carbocycles. The minimum Gasteiger partial charge on any atom is -0.298 e. The van der Waals surface area contributed by atoms with Crippen molar-refractivity contribution in [1.82, 2.24) is 14.8 Å². The Balaban J connectivity index is 1.84. The Labute approximate surface area is 151 Å². The van der Waals surface area contributed by atoms with E-state index in [0.717, 1.165) is 21.8 Å². The van der Waals surface area contributed by atoms with Crippen molar-refractivity contribution in [2.45, 2.75) is 40.2 Å². The van der Waals surface area contributed by atoms with Gasteiger partial charge in [0, 0.05) is 5.69 Å². The molecular weight excluding hydrogens is 332 g/mol. The second kappa shape index (κ2) is 6.44. The zero-order valence-electron chi connectivity index (χ0n) is 15.1. The van der Waals surface area contributed by atoms with Crippen molar-refractivity contribution in [2.24, 2.45) is 0 Å². The molecule has 3 aromatic rings. The van der Waals surface area contributed by atoms with Crippen LogP contribution in [0.4, 0.5) is 5.13 Å². The average molecular weight is 354 g/mol. The number of aryl methyl sites for hydroxylation is 1. The van der Waals surface area contributed by atoms with Crippen LogP contribution in [-0.2, 0) is 5.54 Å². The number of nitrogens with zero attached hydrogens (tertiary/aromatic N) is 3. The molecule has 2 aromatic heterocycles. The summed E-state index contributed by atoms with van der Waals surface area (Å²) in [5.74, 6) is -0.179. The van der Waals surface area contributed by atoms with Gasteiger partial charge in [-0.25, -0.2) is 4.98 Å². The summed E-state index contributed by atoms with van der Waals surface area (Å²) in [5.41, 5.74) is 3.27. The lowest BCUT2D eigenvalue weighted by Crippen LogP contribution is -2.25. The first-order chi connectivity index (χ1) is 11.8. The molecule has 3 rings (SSSR count). The lowest BCUT2D eigenvalue weighted by atomic mass is 10.1. The Morgan fingerprint density at radius 3 is 2.44 bits per heavy atom. The van der Waals surface area contributed by atoms with Crippen LogP contribution in [0.1, 0.15) is 42.5 Å². The van der Waals surface area contributed by atoms with E-state index in [1.54, 1.807) is 6.20 Å². The van der Waals surface area contributed by atoms with Gasteiger partial charge in [0.2, 0.25) is 0 Å². The number of carbonyl (C=O) groups is 1. The average Bonchev–Trinajstić information content (AvgIpc) is 3.10. The van der Waals surface area contributed by atoms with Crippen LogP contribution >= 0.6 is 11.3 Å². The van der Waals surface area contributed by atoms with Gasteiger partial charge in [0.1, 0.15) is 0 Å². The van der Waals surface area contributed by atoms with E-state index in [9.17, 15) is 4.79 Å². The molecular formula is C19H22N4OS. The molecule has 0 spiro atoms. The van der Waals surface area contributed by atoms with E-state index >= 15 is 0 Å². The molecule has 2 heterocycles. The van der Waals surface area contributed by atoms with Crippen LogP contribution in [0.5, 0.6) is 0 Å². The van der Waals surface area contributed by atoms with Gasteiger partial charge in [-0.2, -0.15) is 5.10 Å². The third kappa shape index (κ3) is 3.49. The van der Waals surface area contributed by atoms with Gasteiger partial charge in [0.15, 0.2) is 5.13 Å². The standard InChI is InChI=1S/C19H22N4OS/c1-12-16(14-9-7-6-8-10-14)25-18(21-12)22-17(24)15-11-20-23(13(15)2)19(3,4)5/h6-11H,1-5H3,(H,21,22,24). The van der Waals surface area contributed by atoms with Gasteiger partial charge in [-0.3, -0.25) is 14.8 Å². The monoisotopic (exact) mass is 354 g/mol. The van der Waals surface area contributed by atoms with Crippen LogP contribution in [-0.4, -0.2) is 20.7 Å². The highest BCUT2D eigenvalue weighted by atomic mass is 32.1. The van der Waals surface area contributed by atoms with Crippen LogP contribution in [0.25, 0.3) is 10.4 Å². The van der Waals surface area contributed by atoms with Crippen molar-refractivity contribution < 1.29 is 4.79 Å². The number of benzene rings is 1. The zero-order valence-corrected chi connectivity index (χ0v) is 15.9. The molecule has 0 saturated heterocycles. The molecule has 0 bridgehead atoms. The molecule has 1 amide bonds. The molecule has 0 unspecified atom stereocenters. The van der Waals surface area contributed by atoms with Crippen LogP contribution in [0, 0.1) is 13.8 Å². The molecule has 0 fully saturated rings. The lowest BCUT2D eigenvalue weighted by molar-refractivity contribution is 0.102. The molecule has 6 heteroatoms. The molecule has 0 aliphatic rings. The summed E-state index contributed by atoms with van der Waals surface area (Å²) in [7, 11) is 0. The maximum absolute atomic E-state index is 12.6. The van der Waals surface area contributed by atoms with Crippen LogP contribution in [0.2, 0.25) is 0 Å². The number of hydrogen-bond donors (Lipinski definition) is 1. The molecule has 130 valence electrons. The fourth-order valence-electron chi connectivity index (χ4n) is 2.78. The van der Waals surface area contributed by atoms with Crippen LogP contribution in [0.3, 0.4) is 0 Å². The van der Waals surface area contributed by atoms with Gasteiger partial charge in [0.05, 0.1) is 27.9 Å². The highest BCUT2D eigenvalue weighted by Gasteiger charge is 2.22. The topological polar surface area (TPSA) is 59.8 Å². The fourth-order valence-corrected chi connectivity index (χ4v) is 3.75. The Morgan fingerprint density at radius 1 is 1.16 bits per heavy atom. The fraction of sp³-hybridized carbons (Fsp3) is 0.316. The summed E-state index contributed by atoms with van der Waals surface area (Å²) in [6.45, 7) is 10.0. The van der Waals surface area contributed by atoms with Gasteiger partial charge in [-0.05, 0) is 40.2 Å². The largest absolute Gasteiger partial charge is 0.298 e. The second-order valence-electron chi connectivity index (χ2n) is 6.98. The molecule has 0 radical (unpaired) electrons. The molecule has 0 atom stereocenters. The molecule has 25 heavy (non-hydrogen) atoms. The van der Waals surface area contributed by atoms with Gasteiger partial charge >= 0.3 is 0 Å². The van der Waals surface area contributed by atoms with E-state index in [1.165, 1.54) is 11.3 Å². The van der Waals surface area contributed by atoms with Crippen molar-refractivity contribution in [2.75, 3.05) is 5.32 Å². The van der Waals surface area contributed by atoms with Crippen molar-refractivity contribution in [3.63, 3.8) is 0 Å². The molecule has 1 N–H and O–H groups in total. The van der Waals surface area contributed by atoms with E-state index in [4.69, 9.17) is 0 Å². The van der Waals surface area contributed by atoms with E-state index in [1.807, 2.05) is 48.9 Å². The first kappa shape index (κ1) is 17.4. The SMILES string of the molecule is Cc1nc(NC(=O)c2cnn(C(C)(C)C)c2C)sc1-c1ccccc1. The van der Waals surface area contributed by atoms with Crippen LogP contribution < -0.4 is 5.32 Å². The first-order valence-electron chi connectivity index (χ1n) is 8.16. The maximum atomic E-state index is 12.6. The van der Waals surface area contributed by atoms with E-state index in [0.29, 0.717) is 10.7 Å². The lowest BCUT2D eigenvalue weighted by Gasteiger charge is -2.21. The quantitative estimate of drug-likeness (QED) is 0.746. The first-order valence-corrected chi connectivity index (χ1v) is 8.98. The number of amides is 1. The number of anilines is 1. The Hall–Kier alpha value is -2.47. The van der Waals surface area contributed by atoms with Gasteiger partial charge in [0.25, 0.3) is 5.91 Å². The second-order valence-corrected chi connectivity index (χ2v) is 7.98. The number of rotatable bonds is 3. The zero-order chi connectivity index (χ0) is 18.2. The van der Waals surface area contributed by atoms with Crippen molar-refractivity contribution in [1.29, 1.82) is 0 Å². The highest BCUT2D eigenvalue weighted by Crippen LogP contribution is 2.32. The summed E-state index contributed by atoms with van der Waals surface area (Å²) < 4.78 is 1.87. The Morgan fingerprint density at radius 2 is 1.84 bits per heavy atom. The third-order valence-electron chi connectivity index (χ3n) is 3.94. The summed E-state index contributed by atoms with van der Waals surface area (Å²) >= 11 is 1.48. The Bertz CT molecular complexity index is 903. The highest BCUT2D eigenvalue weighted by molar-refractivity contribution is 7.19. The van der Waals surface area contributed by atoms with Crippen molar-refractivity contribution in [3.05, 3.63) is 53.5 Å². The molecule has 0 aliphatic heterocycles. The summed E-state index contributed by atoms with van der Waals surface area (Å²) in [6.07, 6.45) is 1.62. The van der Waals surface area contributed by atoms with Gasteiger partial charge in [-0.1, -0.05) is 41.7 Å². The van der Waals surface area contributed by atoms with Gasteiger partial charge < -0.3 is 0 Å². The van der Waals surface area contributed by atoms with Gasteiger partial charge in [-0.15, -0.1) is 0 Å². The summed E-state index contributed by atoms with van der Waals surface area (Å²) in [6, 6.07) is 10.1. The minimum atomic E-state index is -0.179. The summed E-state index contributed by atoms with van der Waals surface area (Å²) in [4.78, 5) is 18.2. The normalized spacial score (nSPS) is 11.6. The number of thiazole rings is 1. The summed E-state index contributed by atoms with van der Waals surface area (Å²) in [5, 5.41) is 7.87. The number of aromatic nitrogens is 3. The number of nitrogens with one attached hydrogen (secondary N) is 1. The molecule has 0 saturated carbocycles. The Kier molecular flexibility index (Phi) is 4.47. The smallest absolute Gasteiger partial charge is 0.260 e.